The number of hydrogen-bond donors (Lipinski definition) is 2. The van der Waals surface area contributed by atoms with Gasteiger partial charge >= 0.3 is 6.18 Å². The number of thiazole rings is 1. The number of hydrogen-bond acceptors (Lipinski definition) is 4. The minimum absolute atomic E-state index is 0. The van der Waals surface area contributed by atoms with Crippen molar-refractivity contribution in [2.75, 3.05) is 27.2 Å². The van der Waals surface area contributed by atoms with Gasteiger partial charge in [-0.2, -0.15) is 13.2 Å². The van der Waals surface area contributed by atoms with Crippen LogP contribution in [-0.4, -0.2) is 48.9 Å². The molecule has 0 aromatic carbocycles. The van der Waals surface area contributed by atoms with Crippen molar-refractivity contribution in [2.24, 2.45) is 10.9 Å². The maximum atomic E-state index is 12.7. The molecule has 168 valence electrons. The van der Waals surface area contributed by atoms with Gasteiger partial charge in [0.25, 0.3) is 0 Å². The second-order valence-corrected chi connectivity index (χ2v) is 7.67. The van der Waals surface area contributed by atoms with E-state index in [1.807, 2.05) is 0 Å². The van der Waals surface area contributed by atoms with Crippen molar-refractivity contribution in [1.29, 1.82) is 0 Å². The summed E-state index contributed by atoms with van der Waals surface area (Å²) >= 11 is 0.936. The van der Waals surface area contributed by atoms with Gasteiger partial charge in [0.2, 0.25) is 5.91 Å². The lowest BCUT2D eigenvalue weighted by Gasteiger charge is -2.18. The van der Waals surface area contributed by atoms with Crippen LogP contribution in [0.2, 0.25) is 0 Å². The molecule has 0 spiro atoms. The maximum absolute atomic E-state index is 12.7. The van der Waals surface area contributed by atoms with Crippen molar-refractivity contribution < 1.29 is 18.0 Å². The monoisotopic (exact) mass is 549 g/mol. The number of halogens is 4. The Balaban J connectivity index is 0.00000784. The molecule has 0 bridgehead atoms. The Morgan fingerprint density at radius 1 is 1.31 bits per heavy atom. The first-order chi connectivity index (χ1) is 13.2. The number of alkyl halides is 3. The van der Waals surface area contributed by atoms with Crippen LogP contribution in [0.1, 0.15) is 50.2 Å². The third kappa shape index (κ3) is 11.0. The van der Waals surface area contributed by atoms with E-state index < -0.39 is 11.9 Å². The summed E-state index contributed by atoms with van der Waals surface area (Å²) in [6, 6.07) is 0. The fourth-order valence-corrected chi connectivity index (χ4v) is 3.07. The molecule has 2 N–H and O–H groups in total. The molecule has 6 nitrogen and oxygen atoms in total. The number of aliphatic imine (C=N–C) groups is 1. The molecule has 0 aliphatic carbocycles. The first-order valence-electron chi connectivity index (χ1n) is 9.41. The molecule has 0 radical (unpaired) electrons. The van der Waals surface area contributed by atoms with E-state index in [1.54, 1.807) is 14.1 Å². The van der Waals surface area contributed by atoms with Crippen molar-refractivity contribution >= 4 is 47.2 Å². The number of aromatic nitrogens is 1. The van der Waals surface area contributed by atoms with Gasteiger partial charge in [-0.1, -0.05) is 33.1 Å². The van der Waals surface area contributed by atoms with Gasteiger partial charge in [0.1, 0.15) is 11.6 Å². The van der Waals surface area contributed by atoms with Crippen LogP contribution in [0.5, 0.6) is 0 Å². The normalized spacial score (nSPS) is 12.9. The van der Waals surface area contributed by atoms with E-state index in [4.69, 9.17) is 0 Å². The highest BCUT2D eigenvalue weighted by Crippen LogP contribution is 2.29. The summed E-state index contributed by atoms with van der Waals surface area (Å²) in [5.74, 6) is 0.704. The van der Waals surface area contributed by atoms with Gasteiger partial charge in [-0.05, 0) is 12.3 Å². The molecule has 0 saturated carbocycles. The predicted octanol–water partition coefficient (Wildman–Crippen LogP) is 4.12. The number of likely N-dealkylation sites (N-methyl/N-ethyl adjacent to an activating group) is 1. The highest BCUT2D eigenvalue weighted by molar-refractivity contribution is 14.0. The standard InChI is InChI=1S/C18H30F3N5OS.HI/c1-5-7-8-13(6-2)9-22-17(24-11-16(27)26(3)4)23-10-15-25-14(12-28-15)18(19,20)21;/h12-13H,5-11H2,1-4H3,(H2,22,23,24);1H. The van der Waals surface area contributed by atoms with Gasteiger partial charge in [0, 0.05) is 26.0 Å². The molecular weight excluding hydrogens is 518 g/mol. The van der Waals surface area contributed by atoms with E-state index in [-0.39, 0.29) is 43.0 Å². The van der Waals surface area contributed by atoms with Crippen LogP contribution in [-0.2, 0) is 17.5 Å². The molecule has 1 rings (SSSR count). The highest BCUT2D eigenvalue weighted by Gasteiger charge is 2.33. The van der Waals surface area contributed by atoms with Crippen LogP contribution in [0.4, 0.5) is 13.2 Å². The fourth-order valence-electron chi connectivity index (χ4n) is 2.33. The summed E-state index contributed by atoms with van der Waals surface area (Å²) in [5, 5.41) is 7.48. The Morgan fingerprint density at radius 2 is 2.00 bits per heavy atom. The Morgan fingerprint density at radius 3 is 2.52 bits per heavy atom. The first-order valence-corrected chi connectivity index (χ1v) is 10.3. The number of unbranched alkanes of at least 4 members (excludes halogenated alkanes) is 1. The third-order valence-corrected chi connectivity index (χ3v) is 5.07. The lowest BCUT2D eigenvalue weighted by atomic mass is 9.99. The van der Waals surface area contributed by atoms with Gasteiger partial charge in [0.05, 0.1) is 6.54 Å². The molecule has 0 aliphatic rings. The smallest absolute Gasteiger partial charge is 0.356 e. The van der Waals surface area contributed by atoms with Crippen LogP contribution < -0.4 is 10.6 Å². The molecule has 0 saturated heterocycles. The average Bonchev–Trinajstić information content (AvgIpc) is 3.12. The number of nitrogens with zero attached hydrogens (tertiary/aromatic N) is 3. The molecule has 29 heavy (non-hydrogen) atoms. The molecule has 1 aromatic heterocycles. The summed E-state index contributed by atoms with van der Waals surface area (Å²) in [4.78, 5) is 21.1. The Labute approximate surface area is 191 Å². The van der Waals surface area contributed by atoms with E-state index in [1.165, 1.54) is 4.90 Å². The fraction of sp³-hybridized carbons (Fsp3) is 0.722. The van der Waals surface area contributed by atoms with Gasteiger partial charge < -0.3 is 15.5 Å². The number of rotatable bonds is 10. The third-order valence-electron chi connectivity index (χ3n) is 4.22. The van der Waals surface area contributed by atoms with Crippen LogP contribution in [0.15, 0.2) is 10.4 Å². The molecule has 0 fully saturated rings. The van der Waals surface area contributed by atoms with E-state index in [2.05, 4.69) is 34.5 Å². The Bertz CT molecular complexity index is 637. The topological polar surface area (TPSA) is 69.6 Å². The van der Waals surface area contributed by atoms with Crippen LogP contribution in [0.3, 0.4) is 0 Å². The minimum atomic E-state index is -4.45. The quantitative estimate of drug-likeness (QED) is 0.262. The molecular formula is C18H31F3IN5OS. The van der Waals surface area contributed by atoms with Crippen molar-refractivity contribution in [3.05, 3.63) is 16.1 Å². The first kappa shape index (κ1) is 27.9. The maximum Gasteiger partial charge on any atom is 0.434 e. The molecule has 1 heterocycles. The number of amides is 1. The highest BCUT2D eigenvalue weighted by atomic mass is 127. The predicted molar refractivity (Wildman–Crippen MR) is 122 cm³/mol. The summed E-state index contributed by atoms with van der Waals surface area (Å²) < 4.78 is 38.0. The summed E-state index contributed by atoms with van der Waals surface area (Å²) in [6.07, 6.45) is -0.0868. The second kappa shape index (κ2) is 14.0. The van der Waals surface area contributed by atoms with Crippen molar-refractivity contribution in [1.82, 2.24) is 20.5 Å². The summed E-state index contributed by atoms with van der Waals surface area (Å²) in [7, 11) is 3.29. The molecule has 0 aliphatic heterocycles. The second-order valence-electron chi connectivity index (χ2n) is 6.73. The van der Waals surface area contributed by atoms with E-state index in [0.29, 0.717) is 23.4 Å². The largest absolute Gasteiger partial charge is 0.434 e. The van der Waals surface area contributed by atoms with E-state index in [9.17, 15) is 18.0 Å². The molecule has 1 amide bonds. The Kier molecular flexibility index (Phi) is 13.5. The minimum Gasteiger partial charge on any atom is -0.356 e. The number of carbonyl (C=O) groups is 1. The molecule has 1 atom stereocenters. The number of carbonyl (C=O) groups excluding carboxylic acids is 1. The Hall–Kier alpha value is -1.11. The van der Waals surface area contributed by atoms with Crippen LogP contribution in [0.25, 0.3) is 0 Å². The lowest BCUT2D eigenvalue weighted by molar-refractivity contribution is -0.140. The lowest BCUT2D eigenvalue weighted by Crippen LogP contribution is -2.40. The van der Waals surface area contributed by atoms with Gasteiger partial charge in [-0.25, -0.2) is 9.98 Å². The van der Waals surface area contributed by atoms with Crippen LogP contribution >= 0.6 is 35.3 Å². The molecule has 1 unspecified atom stereocenters. The molecule has 11 heteroatoms. The van der Waals surface area contributed by atoms with Crippen molar-refractivity contribution in [2.45, 2.75) is 52.3 Å². The van der Waals surface area contributed by atoms with E-state index in [0.717, 1.165) is 42.4 Å². The van der Waals surface area contributed by atoms with Gasteiger partial charge in [-0.15, -0.1) is 35.3 Å². The average molecular weight is 549 g/mol. The SMILES string of the molecule is CCCCC(CC)CNC(=NCC(=O)N(C)C)NCc1nc(C(F)(F)F)cs1.I. The van der Waals surface area contributed by atoms with E-state index >= 15 is 0 Å². The summed E-state index contributed by atoms with van der Waals surface area (Å²) in [5.41, 5.74) is -0.894. The zero-order chi connectivity index (χ0) is 21.2. The van der Waals surface area contributed by atoms with Gasteiger partial charge in [-0.3, -0.25) is 4.79 Å². The number of guanidine groups is 1. The zero-order valence-electron chi connectivity index (χ0n) is 17.3. The van der Waals surface area contributed by atoms with Gasteiger partial charge in [0.15, 0.2) is 11.7 Å². The van der Waals surface area contributed by atoms with Crippen molar-refractivity contribution in [3.8, 4) is 0 Å². The van der Waals surface area contributed by atoms with Crippen LogP contribution in [0, 0.1) is 5.92 Å². The summed E-state index contributed by atoms with van der Waals surface area (Å²) in [6.45, 7) is 5.01. The van der Waals surface area contributed by atoms with Crippen molar-refractivity contribution in [3.63, 3.8) is 0 Å². The number of nitrogens with one attached hydrogen (secondary N) is 2. The zero-order valence-corrected chi connectivity index (χ0v) is 20.5. The molecule has 1 aromatic rings.